The summed E-state index contributed by atoms with van der Waals surface area (Å²) in [6, 6.07) is 7.24. The number of amides is 2. The van der Waals surface area contributed by atoms with Crippen molar-refractivity contribution in [3.63, 3.8) is 0 Å². The number of nitrogens with zero attached hydrogens (tertiary/aromatic N) is 2. The zero-order valence-corrected chi connectivity index (χ0v) is 11.7. The fourth-order valence-electron chi connectivity index (χ4n) is 2.01. The Hall–Kier alpha value is -2.14. The van der Waals surface area contributed by atoms with E-state index >= 15 is 0 Å². The van der Waals surface area contributed by atoms with E-state index in [0.29, 0.717) is 28.0 Å². The molecule has 0 saturated heterocycles. The molecule has 0 unspecified atom stereocenters. The molecule has 0 aliphatic carbocycles. The first-order chi connectivity index (χ1) is 9.54. The summed E-state index contributed by atoms with van der Waals surface area (Å²) in [4.78, 5) is 28.9. The Morgan fingerprint density at radius 3 is 2.55 bits per heavy atom. The molecule has 0 radical (unpaired) electrons. The average molecular weight is 292 g/mol. The van der Waals surface area contributed by atoms with Crippen LogP contribution in [0.25, 0.3) is 10.8 Å². The largest absolute Gasteiger partial charge is 0.368 e. The van der Waals surface area contributed by atoms with Crippen molar-refractivity contribution in [1.82, 2.24) is 9.88 Å². The molecule has 0 atom stereocenters. The Labute approximate surface area is 121 Å². The van der Waals surface area contributed by atoms with Crippen LogP contribution in [0.1, 0.15) is 17.3 Å². The Morgan fingerprint density at radius 1 is 1.30 bits per heavy atom. The monoisotopic (exact) mass is 291 g/mol. The Morgan fingerprint density at radius 2 is 1.95 bits per heavy atom. The van der Waals surface area contributed by atoms with Crippen LogP contribution in [0.3, 0.4) is 0 Å². The van der Waals surface area contributed by atoms with E-state index in [-0.39, 0.29) is 12.5 Å². The van der Waals surface area contributed by atoms with Gasteiger partial charge in [0.25, 0.3) is 5.91 Å². The summed E-state index contributed by atoms with van der Waals surface area (Å²) in [5, 5.41) is 1.76. The summed E-state index contributed by atoms with van der Waals surface area (Å²) in [6.07, 6.45) is 1.43. The number of hydrogen-bond donors (Lipinski definition) is 1. The van der Waals surface area contributed by atoms with Crippen LogP contribution in [-0.4, -0.2) is 34.8 Å². The summed E-state index contributed by atoms with van der Waals surface area (Å²) < 4.78 is 0. The number of hydrogen-bond acceptors (Lipinski definition) is 3. The summed E-state index contributed by atoms with van der Waals surface area (Å²) in [5.41, 5.74) is 5.56. The topological polar surface area (TPSA) is 76.3 Å². The number of carbonyl (C=O) groups is 2. The minimum absolute atomic E-state index is 0.119. The van der Waals surface area contributed by atoms with Gasteiger partial charge in [-0.1, -0.05) is 35.9 Å². The molecular formula is C14H14ClN3O2. The van der Waals surface area contributed by atoms with E-state index in [4.69, 9.17) is 17.3 Å². The molecule has 2 rings (SSSR count). The van der Waals surface area contributed by atoms with Crippen molar-refractivity contribution in [2.24, 2.45) is 5.73 Å². The van der Waals surface area contributed by atoms with Crippen LogP contribution in [-0.2, 0) is 4.79 Å². The third-order valence-electron chi connectivity index (χ3n) is 2.99. The highest BCUT2D eigenvalue weighted by molar-refractivity contribution is 6.34. The molecule has 0 fully saturated rings. The molecule has 20 heavy (non-hydrogen) atoms. The number of aromatic nitrogens is 1. The Kier molecular flexibility index (Phi) is 4.20. The summed E-state index contributed by atoms with van der Waals surface area (Å²) in [5.74, 6) is -0.835. The molecule has 2 aromatic rings. The van der Waals surface area contributed by atoms with E-state index in [9.17, 15) is 9.59 Å². The second kappa shape index (κ2) is 5.88. The Bertz CT molecular complexity index is 673. The molecule has 0 aliphatic heterocycles. The second-order valence-corrected chi connectivity index (χ2v) is 4.65. The second-order valence-electron chi connectivity index (χ2n) is 4.29. The van der Waals surface area contributed by atoms with Gasteiger partial charge >= 0.3 is 0 Å². The molecule has 104 valence electrons. The van der Waals surface area contributed by atoms with E-state index in [1.54, 1.807) is 19.1 Å². The van der Waals surface area contributed by atoms with Gasteiger partial charge in [-0.05, 0) is 12.3 Å². The van der Waals surface area contributed by atoms with E-state index in [2.05, 4.69) is 4.98 Å². The van der Waals surface area contributed by atoms with Gasteiger partial charge in [0.05, 0.1) is 12.1 Å². The van der Waals surface area contributed by atoms with Gasteiger partial charge in [0.15, 0.2) is 0 Å². The number of likely N-dealkylation sites (N-methyl/N-ethyl adjacent to an activating group) is 1. The minimum atomic E-state index is -0.550. The van der Waals surface area contributed by atoms with Gasteiger partial charge in [0.2, 0.25) is 5.91 Å². The number of nitrogens with two attached hydrogens (primary N) is 1. The maximum absolute atomic E-state index is 12.5. The van der Waals surface area contributed by atoms with Crippen molar-refractivity contribution in [3.8, 4) is 0 Å². The molecule has 2 amide bonds. The van der Waals surface area contributed by atoms with Gasteiger partial charge in [-0.3, -0.25) is 9.59 Å². The molecule has 5 nitrogen and oxygen atoms in total. The van der Waals surface area contributed by atoms with Crippen molar-refractivity contribution in [2.45, 2.75) is 6.92 Å². The van der Waals surface area contributed by atoms with Crippen LogP contribution in [0.5, 0.6) is 0 Å². The third kappa shape index (κ3) is 2.72. The van der Waals surface area contributed by atoms with Crippen LogP contribution in [0.4, 0.5) is 0 Å². The zero-order chi connectivity index (χ0) is 14.7. The van der Waals surface area contributed by atoms with E-state index in [1.165, 1.54) is 11.1 Å². The number of halogens is 1. The maximum Gasteiger partial charge on any atom is 0.256 e. The van der Waals surface area contributed by atoms with Gasteiger partial charge in [0, 0.05) is 18.1 Å². The van der Waals surface area contributed by atoms with Gasteiger partial charge in [0.1, 0.15) is 5.15 Å². The highest BCUT2D eigenvalue weighted by Crippen LogP contribution is 2.25. The fourth-order valence-corrected chi connectivity index (χ4v) is 2.23. The lowest BCUT2D eigenvalue weighted by atomic mass is 10.1. The zero-order valence-electron chi connectivity index (χ0n) is 11.0. The number of primary amides is 1. The number of rotatable bonds is 4. The first-order valence-corrected chi connectivity index (χ1v) is 6.53. The van der Waals surface area contributed by atoms with E-state index < -0.39 is 5.91 Å². The third-order valence-corrected chi connectivity index (χ3v) is 3.29. The number of carbonyl (C=O) groups excluding carboxylic acids is 2. The lowest BCUT2D eigenvalue weighted by molar-refractivity contribution is -0.118. The van der Waals surface area contributed by atoms with Crippen molar-refractivity contribution < 1.29 is 9.59 Å². The predicted molar refractivity (Wildman–Crippen MR) is 77.5 cm³/mol. The minimum Gasteiger partial charge on any atom is -0.368 e. The van der Waals surface area contributed by atoms with E-state index in [0.717, 1.165) is 0 Å². The smallest absolute Gasteiger partial charge is 0.256 e. The van der Waals surface area contributed by atoms with Crippen molar-refractivity contribution in [1.29, 1.82) is 0 Å². The quantitative estimate of drug-likeness (QED) is 0.873. The summed E-state index contributed by atoms with van der Waals surface area (Å²) >= 11 is 6.02. The molecule has 0 spiro atoms. The normalized spacial score (nSPS) is 10.5. The molecule has 0 aliphatic rings. The van der Waals surface area contributed by atoms with Crippen LogP contribution >= 0.6 is 11.6 Å². The maximum atomic E-state index is 12.5. The molecule has 2 N–H and O–H groups in total. The standard InChI is InChI=1S/C14H14ClN3O2/c1-2-18(8-12(16)19)14(20)11-7-17-13(15)10-6-4-3-5-9(10)11/h3-7H,2,8H2,1H3,(H2,16,19). The highest BCUT2D eigenvalue weighted by Gasteiger charge is 2.19. The Balaban J connectivity index is 2.49. The average Bonchev–Trinajstić information content (AvgIpc) is 2.44. The molecule has 0 bridgehead atoms. The molecule has 0 saturated carbocycles. The summed E-state index contributed by atoms with van der Waals surface area (Å²) in [7, 11) is 0. The molecular weight excluding hydrogens is 278 g/mol. The van der Waals surface area contributed by atoms with Crippen molar-refractivity contribution >= 4 is 34.2 Å². The number of pyridine rings is 1. The van der Waals surface area contributed by atoms with Gasteiger partial charge < -0.3 is 10.6 Å². The highest BCUT2D eigenvalue weighted by atomic mass is 35.5. The van der Waals surface area contributed by atoms with Crippen molar-refractivity contribution in [3.05, 3.63) is 41.2 Å². The fraction of sp³-hybridized carbons (Fsp3) is 0.214. The van der Waals surface area contributed by atoms with Gasteiger partial charge in [-0.25, -0.2) is 4.98 Å². The van der Waals surface area contributed by atoms with Gasteiger partial charge in [-0.15, -0.1) is 0 Å². The van der Waals surface area contributed by atoms with Crippen LogP contribution < -0.4 is 5.73 Å². The lowest BCUT2D eigenvalue weighted by Crippen LogP contribution is -2.38. The lowest BCUT2D eigenvalue weighted by Gasteiger charge is -2.19. The predicted octanol–water partition coefficient (Wildman–Crippen LogP) is 1.84. The van der Waals surface area contributed by atoms with Crippen LogP contribution in [0.15, 0.2) is 30.5 Å². The molecule has 6 heteroatoms. The van der Waals surface area contributed by atoms with Crippen molar-refractivity contribution in [2.75, 3.05) is 13.1 Å². The first-order valence-electron chi connectivity index (χ1n) is 6.15. The van der Waals surface area contributed by atoms with Crippen LogP contribution in [0.2, 0.25) is 5.15 Å². The van der Waals surface area contributed by atoms with Gasteiger partial charge in [-0.2, -0.15) is 0 Å². The SMILES string of the molecule is CCN(CC(N)=O)C(=O)c1cnc(Cl)c2ccccc12. The van der Waals surface area contributed by atoms with E-state index in [1.807, 2.05) is 12.1 Å². The molecule has 1 aromatic heterocycles. The number of fused-ring (bicyclic) bond motifs is 1. The number of benzene rings is 1. The first kappa shape index (κ1) is 14.3. The van der Waals surface area contributed by atoms with Crippen LogP contribution in [0, 0.1) is 0 Å². The molecule has 1 heterocycles. The molecule has 1 aromatic carbocycles. The summed E-state index contributed by atoms with van der Waals surface area (Å²) in [6.45, 7) is 2.05.